The molecule has 3 heteroatoms. The van der Waals surface area contributed by atoms with Crippen molar-refractivity contribution in [3.8, 4) is 0 Å². The highest BCUT2D eigenvalue weighted by Gasteiger charge is 2.24. The lowest BCUT2D eigenvalue weighted by Crippen LogP contribution is -2.24. The van der Waals surface area contributed by atoms with E-state index in [4.69, 9.17) is 11.6 Å². The van der Waals surface area contributed by atoms with E-state index >= 15 is 0 Å². The summed E-state index contributed by atoms with van der Waals surface area (Å²) in [7, 11) is 0. The molecule has 0 aliphatic heterocycles. The zero-order valence-electron chi connectivity index (χ0n) is 9.86. The van der Waals surface area contributed by atoms with E-state index in [2.05, 4.69) is 20.8 Å². The van der Waals surface area contributed by atoms with E-state index in [1.54, 1.807) is 0 Å². The van der Waals surface area contributed by atoms with Gasteiger partial charge in [-0.2, -0.15) is 0 Å². The van der Waals surface area contributed by atoms with E-state index in [0.717, 1.165) is 6.07 Å². The van der Waals surface area contributed by atoms with Gasteiger partial charge in [0.1, 0.15) is 11.6 Å². The first kappa shape index (κ1) is 13.4. The Hall–Kier alpha value is -0.630. The summed E-state index contributed by atoms with van der Waals surface area (Å²) in [6.45, 7) is 6.21. The maximum absolute atomic E-state index is 13.5. The quantitative estimate of drug-likeness (QED) is 0.693. The first-order valence-corrected chi connectivity index (χ1v) is 5.88. The summed E-state index contributed by atoms with van der Waals surface area (Å²) in [5.41, 5.74) is 0.546. The van der Waals surface area contributed by atoms with Gasteiger partial charge in [0.05, 0.1) is 0 Å². The molecule has 0 N–H and O–H groups in total. The topological polar surface area (TPSA) is 0 Å². The molecule has 0 nitrogen and oxygen atoms in total. The first-order chi connectivity index (χ1) is 7.34. The Labute approximate surface area is 101 Å². The van der Waals surface area contributed by atoms with Crippen LogP contribution in [0.1, 0.15) is 26.3 Å². The minimum absolute atomic E-state index is 0.0164. The predicted octanol–water partition coefficient (Wildman–Crippen LogP) is 4.41. The molecule has 90 valence electrons. The SMILES string of the molecule is CC(C)(C)C(CCl)Cc1ccc(F)cc1F. The van der Waals surface area contributed by atoms with Gasteiger partial charge in [-0.15, -0.1) is 11.6 Å². The molecule has 1 unspecified atom stereocenters. The lowest BCUT2D eigenvalue weighted by molar-refractivity contribution is 0.262. The predicted molar refractivity (Wildman–Crippen MR) is 63.7 cm³/mol. The molecule has 1 aromatic carbocycles. The van der Waals surface area contributed by atoms with Gasteiger partial charge in [0.25, 0.3) is 0 Å². The van der Waals surface area contributed by atoms with Gasteiger partial charge >= 0.3 is 0 Å². The van der Waals surface area contributed by atoms with Crippen LogP contribution in [0.3, 0.4) is 0 Å². The van der Waals surface area contributed by atoms with Gasteiger partial charge < -0.3 is 0 Å². The normalized spacial score (nSPS) is 13.9. The summed E-state index contributed by atoms with van der Waals surface area (Å²) in [6, 6.07) is 3.70. The molecule has 0 saturated carbocycles. The summed E-state index contributed by atoms with van der Waals surface area (Å²) in [5.74, 6) is -0.381. The first-order valence-electron chi connectivity index (χ1n) is 5.34. The Morgan fingerprint density at radius 1 is 1.25 bits per heavy atom. The van der Waals surface area contributed by atoms with Gasteiger partial charge in [0.2, 0.25) is 0 Å². The van der Waals surface area contributed by atoms with E-state index in [-0.39, 0.29) is 11.3 Å². The van der Waals surface area contributed by atoms with E-state index in [1.165, 1.54) is 12.1 Å². The van der Waals surface area contributed by atoms with Crippen LogP contribution < -0.4 is 0 Å². The second-order valence-electron chi connectivity index (χ2n) is 5.16. The minimum Gasteiger partial charge on any atom is -0.207 e. The number of rotatable bonds is 3. The van der Waals surface area contributed by atoms with E-state index in [1.807, 2.05) is 0 Å². The molecule has 0 aromatic heterocycles. The van der Waals surface area contributed by atoms with Crippen molar-refractivity contribution in [2.75, 3.05) is 5.88 Å². The van der Waals surface area contributed by atoms with Crippen LogP contribution >= 0.6 is 11.6 Å². The maximum atomic E-state index is 13.5. The molecule has 16 heavy (non-hydrogen) atoms. The number of benzene rings is 1. The molecule has 0 aliphatic carbocycles. The van der Waals surface area contributed by atoms with Crippen LogP contribution in [0.25, 0.3) is 0 Å². The molecule has 0 saturated heterocycles. The van der Waals surface area contributed by atoms with Crippen molar-refractivity contribution >= 4 is 11.6 Å². The van der Waals surface area contributed by atoms with Crippen LogP contribution in [0.4, 0.5) is 8.78 Å². The Bertz CT molecular complexity index is 355. The number of hydrogen-bond donors (Lipinski definition) is 0. The molecular formula is C13H17ClF2. The second kappa shape index (κ2) is 5.13. The van der Waals surface area contributed by atoms with E-state index in [9.17, 15) is 8.78 Å². The van der Waals surface area contributed by atoms with Gasteiger partial charge in [-0.1, -0.05) is 26.8 Å². The Balaban J connectivity index is 2.86. The van der Waals surface area contributed by atoms with Crippen LogP contribution in [0, 0.1) is 23.0 Å². The van der Waals surface area contributed by atoms with Crippen LogP contribution in [-0.4, -0.2) is 5.88 Å². The molecule has 0 radical (unpaired) electrons. The van der Waals surface area contributed by atoms with Crippen molar-refractivity contribution in [3.63, 3.8) is 0 Å². The lowest BCUT2D eigenvalue weighted by Gasteiger charge is -2.29. The van der Waals surface area contributed by atoms with Gasteiger partial charge in [-0.3, -0.25) is 0 Å². The molecule has 0 heterocycles. The fourth-order valence-corrected chi connectivity index (χ4v) is 2.12. The summed E-state index contributed by atoms with van der Waals surface area (Å²) >= 11 is 5.89. The Morgan fingerprint density at radius 2 is 1.88 bits per heavy atom. The van der Waals surface area contributed by atoms with Crippen LogP contribution in [-0.2, 0) is 6.42 Å². The zero-order chi connectivity index (χ0) is 12.3. The highest BCUT2D eigenvalue weighted by molar-refractivity contribution is 6.18. The molecule has 0 bridgehead atoms. The van der Waals surface area contributed by atoms with Crippen molar-refractivity contribution < 1.29 is 8.78 Å². The molecule has 0 spiro atoms. The molecule has 0 fully saturated rings. The smallest absolute Gasteiger partial charge is 0.129 e. The van der Waals surface area contributed by atoms with Gasteiger partial charge in [0, 0.05) is 11.9 Å². The fourth-order valence-electron chi connectivity index (χ4n) is 1.54. The van der Waals surface area contributed by atoms with Crippen molar-refractivity contribution in [2.24, 2.45) is 11.3 Å². The second-order valence-corrected chi connectivity index (χ2v) is 5.47. The standard InChI is InChI=1S/C13H17ClF2/c1-13(2,3)10(8-14)6-9-4-5-11(15)7-12(9)16/h4-5,7,10H,6,8H2,1-3H3. The maximum Gasteiger partial charge on any atom is 0.129 e. The van der Waals surface area contributed by atoms with Crippen molar-refractivity contribution in [2.45, 2.75) is 27.2 Å². The molecule has 0 aliphatic rings. The average molecular weight is 247 g/mol. The average Bonchev–Trinajstić information content (AvgIpc) is 2.14. The summed E-state index contributed by atoms with van der Waals surface area (Å²) in [4.78, 5) is 0. The van der Waals surface area contributed by atoms with E-state index < -0.39 is 11.6 Å². The largest absolute Gasteiger partial charge is 0.207 e. The minimum atomic E-state index is -0.542. The van der Waals surface area contributed by atoms with Crippen LogP contribution in [0.15, 0.2) is 18.2 Å². The lowest BCUT2D eigenvalue weighted by atomic mass is 9.78. The fraction of sp³-hybridized carbons (Fsp3) is 0.538. The number of alkyl halides is 1. The molecule has 0 amide bonds. The molecule has 1 aromatic rings. The Kier molecular flexibility index (Phi) is 4.31. The Morgan fingerprint density at radius 3 is 2.31 bits per heavy atom. The van der Waals surface area contributed by atoms with E-state index in [0.29, 0.717) is 17.9 Å². The third-order valence-electron chi connectivity index (χ3n) is 2.89. The summed E-state index contributed by atoms with van der Waals surface area (Å²) < 4.78 is 26.2. The molecular weight excluding hydrogens is 230 g/mol. The van der Waals surface area contributed by atoms with Gasteiger partial charge in [0.15, 0.2) is 0 Å². The highest BCUT2D eigenvalue weighted by Crippen LogP contribution is 2.30. The van der Waals surface area contributed by atoms with Crippen molar-refractivity contribution in [3.05, 3.63) is 35.4 Å². The number of hydrogen-bond acceptors (Lipinski definition) is 0. The van der Waals surface area contributed by atoms with Crippen molar-refractivity contribution in [1.82, 2.24) is 0 Å². The van der Waals surface area contributed by atoms with Crippen LogP contribution in [0.2, 0.25) is 0 Å². The zero-order valence-corrected chi connectivity index (χ0v) is 10.6. The van der Waals surface area contributed by atoms with Crippen LogP contribution in [0.5, 0.6) is 0 Å². The van der Waals surface area contributed by atoms with Gasteiger partial charge in [-0.25, -0.2) is 8.78 Å². The molecule has 1 rings (SSSR count). The van der Waals surface area contributed by atoms with Gasteiger partial charge in [-0.05, 0) is 29.4 Å². The third kappa shape index (κ3) is 3.44. The highest BCUT2D eigenvalue weighted by atomic mass is 35.5. The summed E-state index contributed by atoms with van der Waals surface area (Å²) in [5, 5.41) is 0. The summed E-state index contributed by atoms with van der Waals surface area (Å²) in [6.07, 6.45) is 0.541. The monoisotopic (exact) mass is 246 g/mol. The third-order valence-corrected chi connectivity index (χ3v) is 3.26. The van der Waals surface area contributed by atoms with Crippen molar-refractivity contribution in [1.29, 1.82) is 0 Å². The number of halogens is 3. The molecule has 1 atom stereocenters.